The number of thiophene rings is 1. The van der Waals surface area contributed by atoms with Crippen molar-refractivity contribution in [1.82, 2.24) is 5.32 Å². The average molecular weight is 236 g/mol. The molecule has 3 unspecified atom stereocenters. The van der Waals surface area contributed by atoms with E-state index < -0.39 is 0 Å². The Morgan fingerprint density at radius 3 is 3.00 bits per heavy atom. The van der Waals surface area contributed by atoms with Gasteiger partial charge in [0.15, 0.2) is 0 Å². The van der Waals surface area contributed by atoms with E-state index in [-0.39, 0.29) is 23.9 Å². The first-order valence-electron chi connectivity index (χ1n) is 5.44. The van der Waals surface area contributed by atoms with Gasteiger partial charge >= 0.3 is 0 Å². The molecular formula is C12H16N2OS. The molecule has 4 heteroatoms. The van der Waals surface area contributed by atoms with Crippen LogP contribution < -0.4 is 11.1 Å². The number of hydrogen-bond acceptors (Lipinski definition) is 3. The lowest BCUT2D eigenvalue weighted by atomic mass is 10.1. The average Bonchev–Trinajstić information content (AvgIpc) is 2.87. The summed E-state index contributed by atoms with van der Waals surface area (Å²) in [6.45, 7) is 2.00. The Morgan fingerprint density at radius 2 is 2.44 bits per heavy atom. The molecule has 1 aliphatic carbocycles. The summed E-state index contributed by atoms with van der Waals surface area (Å²) in [4.78, 5) is 13.1. The van der Waals surface area contributed by atoms with E-state index in [1.165, 1.54) is 4.88 Å². The molecule has 0 spiro atoms. The first kappa shape index (κ1) is 11.4. The van der Waals surface area contributed by atoms with Crippen LogP contribution in [-0.2, 0) is 4.79 Å². The third-order valence-corrected chi connectivity index (χ3v) is 3.84. The van der Waals surface area contributed by atoms with Gasteiger partial charge in [-0.05, 0) is 24.8 Å². The van der Waals surface area contributed by atoms with Crippen LogP contribution >= 0.6 is 11.3 Å². The first-order valence-corrected chi connectivity index (χ1v) is 6.32. The lowest BCUT2D eigenvalue weighted by Gasteiger charge is -2.15. The first-order chi connectivity index (χ1) is 7.66. The van der Waals surface area contributed by atoms with E-state index in [1.807, 2.05) is 36.6 Å². The van der Waals surface area contributed by atoms with Crippen molar-refractivity contribution >= 4 is 17.2 Å². The number of amides is 1. The zero-order valence-corrected chi connectivity index (χ0v) is 10.0. The van der Waals surface area contributed by atoms with E-state index >= 15 is 0 Å². The highest BCUT2D eigenvalue weighted by molar-refractivity contribution is 7.10. The fraction of sp³-hybridized carbons (Fsp3) is 0.417. The molecule has 2 rings (SSSR count). The van der Waals surface area contributed by atoms with Crippen LogP contribution in [0, 0.1) is 5.92 Å². The van der Waals surface area contributed by atoms with Crippen LogP contribution in [0.15, 0.2) is 29.7 Å². The van der Waals surface area contributed by atoms with Crippen LogP contribution in [-0.4, -0.2) is 11.9 Å². The number of carbonyl (C=O) groups excluding carboxylic acids is 1. The second-order valence-corrected chi connectivity index (χ2v) is 5.12. The number of nitrogens with one attached hydrogen (secondary N) is 1. The lowest BCUT2D eigenvalue weighted by molar-refractivity contribution is -0.124. The second-order valence-electron chi connectivity index (χ2n) is 4.14. The summed E-state index contributed by atoms with van der Waals surface area (Å²) in [6, 6.07) is 4.14. The van der Waals surface area contributed by atoms with Gasteiger partial charge in [0.25, 0.3) is 0 Å². The molecule has 1 aromatic rings. The molecule has 0 saturated heterocycles. The third kappa shape index (κ3) is 2.51. The lowest BCUT2D eigenvalue weighted by Crippen LogP contribution is -2.32. The fourth-order valence-electron chi connectivity index (χ4n) is 1.85. The molecule has 16 heavy (non-hydrogen) atoms. The molecular weight excluding hydrogens is 220 g/mol. The molecule has 86 valence electrons. The molecule has 0 saturated carbocycles. The van der Waals surface area contributed by atoms with Crippen LogP contribution in [0.1, 0.15) is 24.3 Å². The van der Waals surface area contributed by atoms with Gasteiger partial charge in [-0.2, -0.15) is 0 Å². The van der Waals surface area contributed by atoms with Gasteiger partial charge in [-0.3, -0.25) is 4.79 Å². The van der Waals surface area contributed by atoms with Gasteiger partial charge in [-0.1, -0.05) is 18.2 Å². The summed E-state index contributed by atoms with van der Waals surface area (Å²) >= 11 is 1.66. The Bertz CT molecular complexity index is 386. The largest absolute Gasteiger partial charge is 0.348 e. The highest BCUT2D eigenvalue weighted by atomic mass is 32.1. The third-order valence-electron chi connectivity index (χ3n) is 2.78. The van der Waals surface area contributed by atoms with Crippen LogP contribution in [0.3, 0.4) is 0 Å². The molecule has 3 N–H and O–H groups in total. The zero-order chi connectivity index (χ0) is 11.5. The van der Waals surface area contributed by atoms with Gasteiger partial charge in [0.2, 0.25) is 5.91 Å². The highest BCUT2D eigenvalue weighted by Gasteiger charge is 2.23. The topological polar surface area (TPSA) is 55.1 Å². The number of rotatable bonds is 3. The van der Waals surface area contributed by atoms with E-state index in [4.69, 9.17) is 5.73 Å². The maximum absolute atomic E-state index is 11.9. The summed E-state index contributed by atoms with van der Waals surface area (Å²) in [5.41, 5.74) is 5.72. The molecule has 1 amide bonds. The van der Waals surface area contributed by atoms with Crippen LogP contribution in [0.2, 0.25) is 0 Å². The molecule has 1 aliphatic rings. The van der Waals surface area contributed by atoms with E-state index in [2.05, 4.69) is 5.32 Å². The highest BCUT2D eigenvalue weighted by Crippen LogP contribution is 2.21. The summed E-state index contributed by atoms with van der Waals surface area (Å²) in [6.07, 6.45) is 4.53. The quantitative estimate of drug-likeness (QED) is 0.787. The van der Waals surface area contributed by atoms with Gasteiger partial charge in [-0.15, -0.1) is 11.3 Å². The van der Waals surface area contributed by atoms with E-state index in [9.17, 15) is 4.79 Å². The van der Waals surface area contributed by atoms with Crippen molar-refractivity contribution in [2.45, 2.75) is 25.4 Å². The van der Waals surface area contributed by atoms with E-state index in [0.29, 0.717) is 0 Å². The molecule has 1 heterocycles. The van der Waals surface area contributed by atoms with Crippen molar-refractivity contribution in [1.29, 1.82) is 0 Å². The molecule has 3 atom stereocenters. The predicted molar refractivity (Wildman–Crippen MR) is 66.1 cm³/mol. The summed E-state index contributed by atoms with van der Waals surface area (Å²) in [7, 11) is 0. The molecule has 0 radical (unpaired) electrons. The monoisotopic (exact) mass is 236 g/mol. The maximum atomic E-state index is 11.9. The Balaban J connectivity index is 1.90. The molecule has 0 aliphatic heterocycles. The molecule has 0 aromatic carbocycles. The standard InChI is InChI=1S/C12H16N2OS/c1-8(11-3-2-6-16-11)14-12(15)9-4-5-10(13)7-9/h2-6,8-10H,7,13H2,1H3,(H,14,15). The molecule has 0 fully saturated rings. The van der Waals surface area contributed by atoms with E-state index in [1.54, 1.807) is 11.3 Å². The van der Waals surface area contributed by atoms with Crippen molar-refractivity contribution in [3.8, 4) is 0 Å². The van der Waals surface area contributed by atoms with Gasteiger partial charge < -0.3 is 11.1 Å². The Kier molecular flexibility index (Phi) is 3.41. The van der Waals surface area contributed by atoms with Gasteiger partial charge in [0, 0.05) is 10.9 Å². The zero-order valence-electron chi connectivity index (χ0n) is 9.22. The smallest absolute Gasteiger partial charge is 0.227 e. The van der Waals surface area contributed by atoms with Crippen molar-refractivity contribution in [2.24, 2.45) is 11.7 Å². The minimum Gasteiger partial charge on any atom is -0.348 e. The van der Waals surface area contributed by atoms with Crippen molar-refractivity contribution < 1.29 is 4.79 Å². The van der Waals surface area contributed by atoms with Crippen LogP contribution in [0.5, 0.6) is 0 Å². The van der Waals surface area contributed by atoms with Gasteiger partial charge in [0.05, 0.1) is 12.0 Å². The summed E-state index contributed by atoms with van der Waals surface area (Å²) in [5, 5.41) is 5.03. The van der Waals surface area contributed by atoms with Crippen LogP contribution in [0.4, 0.5) is 0 Å². The Morgan fingerprint density at radius 1 is 1.62 bits per heavy atom. The SMILES string of the molecule is CC(NC(=O)C1C=CC(N)C1)c1cccs1. The van der Waals surface area contributed by atoms with Crippen molar-refractivity contribution in [3.63, 3.8) is 0 Å². The van der Waals surface area contributed by atoms with Crippen molar-refractivity contribution in [2.75, 3.05) is 0 Å². The van der Waals surface area contributed by atoms with E-state index in [0.717, 1.165) is 6.42 Å². The number of hydrogen-bond donors (Lipinski definition) is 2. The molecule has 1 aromatic heterocycles. The van der Waals surface area contributed by atoms with Crippen molar-refractivity contribution in [3.05, 3.63) is 34.5 Å². The second kappa shape index (κ2) is 4.80. The van der Waals surface area contributed by atoms with Crippen LogP contribution in [0.25, 0.3) is 0 Å². The fourth-order valence-corrected chi connectivity index (χ4v) is 2.59. The maximum Gasteiger partial charge on any atom is 0.227 e. The minimum absolute atomic E-state index is 0.0350. The Hall–Kier alpha value is -1.13. The summed E-state index contributed by atoms with van der Waals surface area (Å²) < 4.78 is 0. The van der Waals surface area contributed by atoms with Gasteiger partial charge in [0.1, 0.15) is 0 Å². The summed E-state index contributed by atoms with van der Waals surface area (Å²) in [5.74, 6) is 0.0162. The Labute approximate surface area is 99.3 Å². The number of nitrogens with two attached hydrogens (primary N) is 1. The molecule has 3 nitrogen and oxygen atoms in total. The number of carbonyl (C=O) groups is 1. The molecule has 0 bridgehead atoms. The predicted octanol–water partition coefficient (Wildman–Crippen LogP) is 1.83. The minimum atomic E-state index is -0.0580. The van der Waals surface area contributed by atoms with Gasteiger partial charge in [-0.25, -0.2) is 0 Å². The normalized spacial score (nSPS) is 25.6.